The fraction of sp³-hybridized carbons (Fsp3) is 0.533. The van der Waals surface area contributed by atoms with Gasteiger partial charge in [0.05, 0.1) is 5.56 Å². The molecule has 3 heteroatoms. The number of carboxylic acid groups (broad SMARTS) is 1. The molecule has 1 rings (SSSR count). The second-order valence-corrected chi connectivity index (χ2v) is 4.48. The molecule has 0 amide bonds. The fourth-order valence-corrected chi connectivity index (χ4v) is 2.04. The van der Waals surface area contributed by atoms with Crippen LogP contribution in [0.5, 0.6) is 0 Å². The van der Waals surface area contributed by atoms with Crippen LogP contribution in [0.25, 0.3) is 0 Å². The Kier molecular flexibility index (Phi) is 10.4. The molecule has 0 aliphatic carbocycles. The van der Waals surface area contributed by atoms with Gasteiger partial charge in [-0.2, -0.15) is 0 Å². The van der Waals surface area contributed by atoms with Crippen LogP contribution in [0.15, 0.2) is 24.3 Å². The minimum absolute atomic E-state index is 0. The van der Waals surface area contributed by atoms with Crippen molar-refractivity contribution in [1.82, 2.24) is 0 Å². The van der Waals surface area contributed by atoms with Gasteiger partial charge in [0.2, 0.25) is 0 Å². The van der Waals surface area contributed by atoms with Crippen LogP contribution in [0.4, 0.5) is 0 Å². The Morgan fingerprint density at radius 1 is 1.11 bits per heavy atom. The summed E-state index contributed by atoms with van der Waals surface area (Å²) < 4.78 is 0. The molecule has 1 aromatic carbocycles. The Labute approximate surface area is 134 Å². The van der Waals surface area contributed by atoms with E-state index in [0.717, 1.165) is 18.4 Å². The number of hydrogen-bond acceptors (Lipinski definition) is 1. The minimum Gasteiger partial charge on any atom is -1.00 e. The zero-order valence-electron chi connectivity index (χ0n) is 12.6. The van der Waals surface area contributed by atoms with E-state index in [9.17, 15) is 4.79 Å². The predicted molar refractivity (Wildman–Crippen MR) is 71.6 cm³/mol. The van der Waals surface area contributed by atoms with Gasteiger partial charge < -0.3 is 6.53 Å². The quantitative estimate of drug-likeness (QED) is 0.565. The summed E-state index contributed by atoms with van der Waals surface area (Å²) in [7, 11) is 0. The van der Waals surface area contributed by atoms with Crippen LogP contribution in [0.1, 0.15) is 62.8 Å². The summed E-state index contributed by atoms with van der Waals surface area (Å²) in [6.45, 7) is 2.21. The molecule has 1 aromatic rings. The van der Waals surface area contributed by atoms with Crippen LogP contribution in [0, 0.1) is 0 Å². The van der Waals surface area contributed by atoms with Gasteiger partial charge in [-0.1, -0.05) is 57.2 Å². The Morgan fingerprint density at radius 3 is 2.39 bits per heavy atom. The molecule has 0 bridgehead atoms. The molecular formula is C15H23NaO2. The molecule has 0 aliphatic heterocycles. The predicted octanol–water partition coefficient (Wildman–Crippen LogP) is 1.40. The summed E-state index contributed by atoms with van der Waals surface area (Å²) >= 11 is 0. The van der Waals surface area contributed by atoms with Crippen LogP contribution in [-0.4, -0.2) is 11.1 Å². The maximum atomic E-state index is 11.0. The molecule has 1 N–H and O–H groups in total. The largest absolute Gasteiger partial charge is 1.00 e. The van der Waals surface area contributed by atoms with Crippen LogP contribution in [0.3, 0.4) is 0 Å². The molecular weight excluding hydrogens is 235 g/mol. The van der Waals surface area contributed by atoms with E-state index in [1.807, 2.05) is 12.1 Å². The van der Waals surface area contributed by atoms with E-state index in [4.69, 9.17) is 5.11 Å². The molecule has 18 heavy (non-hydrogen) atoms. The maximum Gasteiger partial charge on any atom is 1.00 e. The molecule has 0 fully saturated rings. The van der Waals surface area contributed by atoms with Crippen molar-refractivity contribution in [3.05, 3.63) is 35.4 Å². The first-order chi connectivity index (χ1) is 8.25. The van der Waals surface area contributed by atoms with E-state index in [2.05, 4.69) is 6.92 Å². The maximum absolute atomic E-state index is 11.0. The van der Waals surface area contributed by atoms with E-state index in [1.165, 1.54) is 32.1 Å². The standard InChI is InChI=1S/C15H22O2.Na.H/c1-2-3-4-5-6-7-10-13-11-8-9-12-14(13)15(16)17;;/h8-9,11-12H,2-7,10H2,1H3,(H,16,17);;/q;+1;-1. The zero-order chi connectivity index (χ0) is 12.5. The van der Waals surface area contributed by atoms with Crippen molar-refractivity contribution in [2.45, 2.75) is 51.9 Å². The summed E-state index contributed by atoms with van der Waals surface area (Å²) in [6, 6.07) is 7.32. The van der Waals surface area contributed by atoms with E-state index in [1.54, 1.807) is 12.1 Å². The van der Waals surface area contributed by atoms with Gasteiger partial charge in [0.1, 0.15) is 0 Å². The number of unbranched alkanes of at least 4 members (excludes halogenated alkanes) is 5. The fourth-order valence-electron chi connectivity index (χ4n) is 2.04. The number of carboxylic acids is 1. The van der Waals surface area contributed by atoms with Crippen LogP contribution < -0.4 is 29.6 Å². The Hall–Kier alpha value is -0.310. The summed E-state index contributed by atoms with van der Waals surface area (Å²) in [5, 5.41) is 9.04. The number of carbonyl (C=O) groups is 1. The van der Waals surface area contributed by atoms with Crippen molar-refractivity contribution in [1.29, 1.82) is 0 Å². The van der Waals surface area contributed by atoms with Gasteiger partial charge in [-0.15, -0.1) is 0 Å². The number of benzene rings is 1. The molecule has 0 aliphatic rings. The molecule has 0 heterocycles. The SMILES string of the molecule is CCCCCCCCc1ccccc1C(=O)O.[H-].[Na+]. The van der Waals surface area contributed by atoms with Gasteiger partial charge in [0.15, 0.2) is 0 Å². The zero-order valence-corrected chi connectivity index (χ0v) is 13.6. The third kappa shape index (κ3) is 6.58. The van der Waals surface area contributed by atoms with Gasteiger partial charge in [0, 0.05) is 0 Å². The van der Waals surface area contributed by atoms with Crippen LogP contribution in [-0.2, 0) is 6.42 Å². The van der Waals surface area contributed by atoms with Crippen LogP contribution >= 0.6 is 0 Å². The summed E-state index contributed by atoms with van der Waals surface area (Å²) in [5.41, 5.74) is 1.43. The first kappa shape index (κ1) is 17.7. The van der Waals surface area contributed by atoms with Gasteiger partial charge in [-0.25, -0.2) is 4.79 Å². The molecule has 0 spiro atoms. The van der Waals surface area contributed by atoms with E-state index < -0.39 is 5.97 Å². The first-order valence-electron chi connectivity index (χ1n) is 6.57. The molecule has 0 saturated carbocycles. The van der Waals surface area contributed by atoms with Crippen LogP contribution in [0.2, 0.25) is 0 Å². The van der Waals surface area contributed by atoms with Gasteiger partial charge in [0.25, 0.3) is 0 Å². The summed E-state index contributed by atoms with van der Waals surface area (Å²) in [6.07, 6.45) is 8.32. The van der Waals surface area contributed by atoms with Gasteiger partial charge in [-0.05, 0) is 24.5 Å². The van der Waals surface area contributed by atoms with Crippen molar-refractivity contribution < 1.29 is 40.9 Å². The molecule has 0 radical (unpaired) electrons. The van der Waals surface area contributed by atoms with E-state index >= 15 is 0 Å². The number of aromatic carboxylic acids is 1. The molecule has 0 saturated heterocycles. The van der Waals surface area contributed by atoms with E-state index in [-0.39, 0.29) is 31.0 Å². The van der Waals surface area contributed by atoms with Crippen molar-refractivity contribution >= 4 is 5.97 Å². The average Bonchev–Trinajstić information content (AvgIpc) is 2.34. The number of hydrogen-bond donors (Lipinski definition) is 1. The molecule has 0 atom stereocenters. The number of aryl methyl sites for hydroxylation is 1. The monoisotopic (exact) mass is 258 g/mol. The van der Waals surface area contributed by atoms with Gasteiger partial charge >= 0.3 is 35.5 Å². The summed E-state index contributed by atoms with van der Waals surface area (Å²) in [5.74, 6) is -0.813. The van der Waals surface area contributed by atoms with E-state index in [0.29, 0.717) is 5.56 Å². The molecule has 2 nitrogen and oxygen atoms in total. The molecule has 0 aromatic heterocycles. The molecule has 96 valence electrons. The Balaban J connectivity index is 0. The smallest absolute Gasteiger partial charge is 1.00 e. The Bertz CT molecular complexity index is 356. The Morgan fingerprint density at radius 2 is 1.72 bits per heavy atom. The van der Waals surface area contributed by atoms with Crippen molar-refractivity contribution in [3.8, 4) is 0 Å². The van der Waals surface area contributed by atoms with Gasteiger partial charge in [-0.3, -0.25) is 0 Å². The van der Waals surface area contributed by atoms with Crippen molar-refractivity contribution in [2.24, 2.45) is 0 Å². The second-order valence-electron chi connectivity index (χ2n) is 4.48. The topological polar surface area (TPSA) is 37.3 Å². The normalized spacial score (nSPS) is 9.83. The molecule has 0 unspecified atom stereocenters. The minimum atomic E-state index is -0.813. The summed E-state index contributed by atoms with van der Waals surface area (Å²) in [4.78, 5) is 11.0. The number of rotatable bonds is 8. The third-order valence-electron chi connectivity index (χ3n) is 3.05. The van der Waals surface area contributed by atoms with Crippen molar-refractivity contribution in [2.75, 3.05) is 0 Å². The first-order valence-corrected chi connectivity index (χ1v) is 6.57. The third-order valence-corrected chi connectivity index (χ3v) is 3.05. The second kappa shape index (κ2) is 10.6. The van der Waals surface area contributed by atoms with Crippen molar-refractivity contribution in [3.63, 3.8) is 0 Å². The average molecular weight is 258 g/mol.